The maximum Gasteiger partial charge on any atom is 0.276 e. The summed E-state index contributed by atoms with van der Waals surface area (Å²) in [7, 11) is 0. The van der Waals surface area contributed by atoms with Gasteiger partial charge in [0.1, 0.15) is 10.7 Å². The van der Waals surface area contributed by atoms with Crippen molar-refractivity contribution < 1.29 is 4.79 Å². The molecule has 0 aliphatic heterocycles. The number of carbonyl (C=O) groups is 1. The summed E-state index contributed by atoms with van der Waals surface area (Å²) in [5.41, 5.74) is 1.92. The van der Waals surface area contributed by atoms with Gasteiger partial charge in [-0.25, -0.2) is 4.98 Å². The number of hydrogen-bond donors (Lipinski definition) is 2. The molecular formula is C12H10N6OS. The first-order valence-electron chi connectivity index (χ1n) is 5.80. The van der Waals surface area contributed by atoms with Gasteiger partial charge in [-0.05, 0) is 36.7 Å². The van der Waals surface area contributed by atoms with Crippen LogP contribution < -0.4 is 5.32 Å². The molecule has 0 saturated carbocycles. The van der Waals surface area contributed by atoms with Crippen molar-refractivity contribution in [2.75, 3.05) is 5.32 Å². The van der Waals surface area contributed by atoms with Crippen molar-refractivity contribution >= 4 is 23.4 Å². The van der Waals surface area contributed by atoms with Gasteiger partial charge < -0.3 is 0 Å². The maximum atomic E-state index is 12.0. The largest absolute Gasteiger partial charge is 0.288 e. The highest BCUT2D eigenvalue weighted by Gasteiger charge is 2.13. The molecule has 3 aromatic heterocycles. The van der Waals surface area contributed by atoms with E-state index in [2.05, 4.69) is 29.9 Å². The van der Waals surface area contributed by atoms with Gasteiger partial charge in [0.05, 0.1) is 5.69 Å². The lowest BCUT2D eigenvalue weighted by Crippen LogP contribution is -2.13. The number of nitrogens with one attached hydrogen (secondary N) is 2. The Morgan fingerprint density at radius 3 is 2.85 bits per heavy atom. The molecule has 1 amide bonds. The monoisotopic (exact) mass is 286 g/mol. The second-order valence-corrected chi connectivity index (χ2v) is 4.95. The number of amides is 1. The Balaban J connectivity index is 1.78. The molecular weight excluding hydrogens is 276 g/mol. The summed E-state index contributed by atoms with van der Waals surface area (Å²) in [6.07, 6.45) is 3.34. The average molecular weight is 286 g/mol. The Morgan fingerprint density at radius 1 is 1.35 bits per heavy atom. The summed E-state index contributed by atoms with van der Waals surface area (Å²) in [5.74, 6) is -0.0202. The second-order valence-electron chi connectivity index (χ2n) is 3.99. The lowest BCUT2D eigenvalue weighted by atomic mass is 10.2. The minimum Gasteiger partial charge on any atom is -0.288 e. The summed E-state index contributed by atoms with van der Waals surface area (Å²) in [6.45, 7) is 1.82. The molecule has 0 bridgehead atoms. The molecule has 2 N–H and O–H groups in total. The molecule has 7 nitrogen and oxygen atoms in total. The molecule has 0 atom stereocenters. The summed E-state index contributed by atoms with van der Waals surface area (Å²) in [6, 6.07) is 5.32. The minimum atomic E-state index is -0.324. The highest BCUT2D eigenvalue weighted by molar-refractivity contribution is 7.05. The van der Waals surface area contributed by atoms with Crippen LogP contribution in [0.15, 0.2) is 30.6 Å². The molecule has 0 aliphatic carbocycles. The number of nitrogens with zero attached hydrogens (tertiary/aromatic N) is 4. The van der Waals surface area contributed by atoms with Gasteiger partial charge in [0, 0.05) is 18.0 Å². The molecule has 0 radical (unpaired) electrons. The van der Waals surface area contributed by atoms with Crippen LogP contribution in [0.3, 0.4) is 0 Å². The number of hydrogen-bond acceptors (Lipinski definition) is 6. The minimum absolute atomic E-state index is 0.303. The van der Waals surface area contributed by atoms with Gasteiger partial charge in [0.25, 0.3) is 5.91 Å². The molecule has 100 valence electrons. The van der Waals surface area contributed by atoms with E-state index >= 15 is 0 Å². The van der Waals surface area contributed by atoms with E-state index in [-0.39, 0.29) is 5.91 Å². The van der Waals surface area contributed by atoms with E-state index in [0.717, 1.165) is 10.6 Å². The number of H-pyrrole nitrogens is 1. The van der Waals surface area contributed by atoms with Gasteiger partial charge in [0.15, 0.2) is 0 Å². The molecule has 0 fully saturated rings. The third kappa shape index (κ3) is 2.54. The van der Waals surface area contributed by atoms with Crippen LogP contribution in [0.25, 0.3) is 11.3 Å². The highest BCUT2D eigenvalue weighted by Crippen LogP contribution is 2.16. The molecule has 0 spiro atoms. The molecule has 3 aromatic rings. The van der Waals surface area contributed by atoms with Gasteiger partial charge in [0.2, 0.25) is 5.95 Å². The Hall–Kier alpha value is -2.61. The zero-order valence-corrected chi connectivity index (χ0v) is 11.3. The topological polar surface area (TPSA) is 96.5 Å². The number of carbonyl (C=O) groups excluding carboxylic acids is 1. The van der Waals surface area contributed by atoms with Gasteiger partial charge >= 0.3 is 0 Å². The number of anilines is 1. The first kappa shape index (κ1) is 12.4. The first-order chi connectivity index (χ1) is 9.72. The van der Waals surface area contributed by atoms with Crippen molar-refractivity contribution in [3.63, 3.8) is 0 Å². The van der Waals surface area contributed by atoms with Crippen LogP contribution in [0.2, 0.25) is 0 Å². The molecule has 3 rings (SSSR count). The zero-order valence-electron chi connectivity index (χ0n) is 10.5. The van der Waals surface area contributed by atoms with Gasteiger partial charge in [-0.15, -0.1) is 0 Å². The molecule has 3 heterocycles. The quantitative estimate of drug-likeness (QED) is 0.766. The van der Waals surface area contributed by atoms with Gasteiger partial charge in [-0.2, -0.15) is 9.47 Å². The van der Waals surface area contributed by atoms with Crippen molar-refractivity contribution in [2.45, 2.75) is 6.92 Å². The average Bonchev–Trinajstić information content (AvgIpc) is 3.09. The van der Waals surface area contributed by atoms with E-state index in [1.165, 1.54) is 11.5 Å². The van der Waals surface area contributed by atoms with Crippen LogP contribution in [-0.4, -0.2) is 30.4 Å². The Bertz CT molecular complexity index is 735. The summed E-state index contributed by atoms with van der Waals surface area (Å²) in [4.78, 5) is 20.0. The van der Waals surface area contributed by atoms with E-state index < -0.39 is 0 Å². The fraction of sp³-hybridized carbons (Fsp3) is 0.0833. The molecule has 0 saturated heterocycles. The lowest BCUT2D eigenvalue weighted by Gasteiger charge is -1.96. The summed E-state index contributed by atoms with van der Waals surface area (Å²) in [5, 5.41) is 10.2. The number of aryl methyl sites for hydroxylation is 1. The third-order valence-electron chi connectivity index (χ3n) is 2.55. The second kappa shape index (κ2) is 5.17. The van der Waals surface area contributed by atoms with E-state index in [1.54, 1.807) is 18.5 Å². The van der Waals surface area contributed by atoms with Crippen LogP contribution in [0.5, 0.6) is 0 Å². The smallest absolute Gasteiger partial charge is 0.276 e. The third-order valence-corrected chi connectivity index (χ3v) is 3.17. The predicted molar refractivity (Wildman–Crippen MR) is 74.4 cm³/mol. The van der Waals surface area contributed by atoms with E-state index in [9.17, 15) is 4.79 Å². The number of aromatic nitrogens is 5. The SMILES string of the molecule is Cc1nc(NC(=O)c2cc(-c3ccncc3)n[nH]2)ns1. The maximum absolute atomic E-state index is 12.0. The van der Waals surface area contributed by atoms with Crippen LogP contribution >= 0.6 is 11.5 Å². The van der Waals surface area contributed by atoms with Crippen LogP contribution in [0.1, 0.15) is 15.5 Å². The van der Waals surface area contributed by atoms with Crippen molar-refractivity contribution in [1.29, 1.82) is 0 Å². The molecule has 20 heavy (non-hydrogen) atoms. The Morgan fingerprint density at radius 2 is 2.15 bits per heavy atom. The lowest BCUT2D eigenvalue weighted by molar-refractivity contribution is 0.102. The molecule has 0 aromatic carbocycles. The summed E-state index contributed by atoms with van der Waals surface area (Å²) >= 11 is 1.24. The molecule has 8 heteroatoms. The van der Waals surface area contributed by atoms with Crippen LogP contribution in [0, 0.1) is 6.92 Å². The number of pyridine rings is 1. The fourth-order valence-electron chi connectivity index (χ4n) is 1.63. The normalized spacial score (nSPS) is 10.4. The zero-order chi connectivity index (χ0) is 13.9. The number of aromatic amines is 1. The van der Waals surface area contributed by atoms with Crippen molar-refractivity contribution in [2.24, 2.45) is 0 Å². The highest BCUT2D eigenvalue weighted by atomic mass is 32.1. The van der Waals surface area contributed by atoms with Crippen LogP contribution in [-0.2, 0) is 0 Å². The van der Waals surface area contributed by atoms with E-state index in [4.69, 9.17) is 0 Å². The Kier molecular flexibility index (Phi) is 3.21. The predicted octanol–water partition coefficient (Wildman–Crippen LogP) is 1.88. The standard InChI is InChI=1S/C12H10N6OS/c1-7-14-12(18-20-7)15-11(19)10-6-9(16-17-10)8-2-4-13-5-3-8/h2-6H,1H3,(H,16,17)(H,15,18,19). The van der Waals surface area contributed by atoms with Crippen molar-refractivity contribution in [1.82, 2.24) is 24.5 Å². The van der Waals surface area contributed by atoms with E-state index in [0.29, 0.717) is 17.3 Å². The van der Waals surface area contributed by atoms with Gasteiger partial charge in [-0.1, -0.05) is 0 Å². The van der Waals surface area contributed by atoms with Crippen molar-refractivity contribution in [3.8, 4) is 11.3 Å². The number of rotatable bonds is 3. The van der Waals surface area contributed by atoms with Gasteiger partial charge in [-0.3, -0.25) is 20.2 Å². The first-order valence-corrected chi connectivity index (χ1v) is 6.57. The van der Waals surface area contributed by atoms with Crippen LogP contribution in [0.4, 0.5) is 5.95 Å². The van der Waals surface area contributed by atoms with E-state index in [1.807, 2.05) is 19.1 Å². The molecule has 0 unspecified atom stereocenters. The molecule has 0 aliphatic rings. The summed E-state index contributed by atoms with van der Waals surface area (Å²) < 4.78 is 4.00. The fourth-order valence-corrected chi connectivity index (χ4v) is 2.06. The van der Waals surface area contributed by atoms with Crippen molar-refractivity contribution in [3.05, 3.63) is 41.3 Å². The Labute approximate surface area is 118 Å².